The van der Waals surface area contributed by atoms with Crippen LogP contribution in [0.1, 0.15) is 5.56 Å². The molecular formula is C13H10Cl2FNO2S. The van der Waals surface area contributed by atoms with E-state index in [1.54, 1.807) is 6.07 Å². The molecule has 0 radical (unpaired) electrons. The predicted octanol–water partition coefficient (Wildman–Crippen LogP) is 3.69. The Morgan fingerprint density at radius 2 is 1.75 bits per heavy atom. The van der Waals surface area contributed by atoms with Crippen LogP contribution in [0.5, 0.6) is 0 Å². The van der Waals surface area contributed by atoms with E-state index in [4.69, 9.17) is 28.9 Å². The molecule has 0 heterocycles. The highest BCUT2D eigenvalue weighted by atomic mass is 35.5. The van der Waals surface area contributed by atoms with Crippen LogP contribution >= 0.6 is 23.2 Å². The standard InChI is InChI=1S/C13H10Cl2FNO2S/c14-10-3-1-8(5-11(10)15)7-20(18,19)9-2-4-13(17)12(16)6-9/h1-6H,7,17H2. The van der Waals surface area contributed by atoms with Gasteiger partial charge in [0.1, 0.15) is 5.82 Å². The van der Waals surface area contributed by atoms with E-state index in [1.807, 2.05) is 0 Å². The van der Waals surface area contributed by atoms with Gasteiger partial charge in [0.2, 0.25) is 0 Å². The van der Waals surface area contributed by atoms with Crippen molar-refractivity contribution in [3.63, 3.8) is 0 Å². The number of halogens is 3. The van der Waals surface area contributed by atoms with Gasteiger partial charge in [0.05, 0.1) is 26.4 Å². The Morgan fingerprint density at radius 1 is 1.05 bits per heavy atom. The van der Waals surface area contributed by atoms with Crippen LogP contribution in [0, 0.1) is 5.82 Å². The Bertz CT molecular complexity index is 763. The maximum Gasteiger partial charge on any atom is 0.182 e. The predicted molar refractivity (Wildman–Crippen MR) is 78.2 cm³/mol. The van der Waals surface area contributed by atoms with Gasteiger partial charge < -0.3 is 5.73 Å². The lowest BCUT2D eigenvalue weighted by atomic mass is 10.2. The first-order valence-electron chi connectivity index (χ1n) is 5.51. The van der Waals surface area contributed by atoms with Crippen LogP contribution in [0.3, 0.4) is 0 Å². The third-order valence-electron chi connectivity index (χ3n) is 2.67. The highest BCUT2D eigenvalue weighted by molar-refractivity contribution is 7.90. The van der Waals surface area contributed by atoms with E-state index in [9.17, 15) is 12.8 Å². The summed E-state index contributed by atoms with van der Waals surface area (Å²) in [6.45, 7) is 0. The third-order valence-corrected chi connectivity index (χ3v) is 5.10. The Hall–Kier alpha value is -1.30. The van der Waals surface area contributed by atoms with E-state index in [-0.39, 0.29) is 21.4 Å². The number of nitrogens with two attached hydrogens (primary N) is 1. The molecule has 0 saturated carbocycles. The van der Waals surface area contributed by atoms with Crippen LogP contribution in [0.15, 0.2) is 41.3 Å². The molecule has 0 aliphatic rings. The third kappa shape index (κ3) is 3.23. The summed E-state index contributed by atoms with van der Waals surface area (Å²) in [6, 6.07) is 7.93. The second-order valence-corrected chi connectivity index (χ2v) is 6.99. The van der Waals surface area contributed by atoms with Crippen LogP contribution in [0.2, 0.25) is 10.0 Å². The van der Waals surface area contributed by atoms with E-state index >= 15 is 0 Å². The molecule has 2 rings (SSSR count). The molecule has 0 atom stereocenters. The van der Waals surface area contributed by atoms with Crippen LogP contribution in [-0.4, -0.2) is 8.42 Å². The molecule has 0 unspecified atom stereocenters. The summed E-state index contributed by atoms with van der Waals surface area (Å²) in [5.74, 6) is -1.06. The summed E-state index contributed by atoms with van der Waals surface area (Å²) in [7, 11) is -3.68. The second-order valence-electron chi connectivity index (χ2n) is 4.19. The van der Waals surface area contributed by atoms with E-state index in [1.165, 1.54) is 24.3 Å². The number of nitrogen functional groups attached to an aromatic ring is 1. The number of benzene rings is 2. The summed E-state index contributed by atoms with van der Waals surface area (Å²) >= 11 is 11.6. The molecule has 0 aliphatic carbocycles. The molecule has 2 N–H and O–H groups in total. The molecule has 2 aromatic carbocycles. The summed E-state index contributed by atoms with van der Waals surface area (Å²) < 4.78 is 37.7. The first kappa shape index (κ1) is 15.1. The van der Waals surface area contributed by atoms with E-state index in [0.717, 1.165) is 6.07 Å². The molecule has 20 heavy (non-hydrogen) atoms. The van der Waals surface area contributed by atoms with Crippen LogP contribution in [0.25, 0.3) is 0 Å². The summed E-state index contributed by atoms with van der Waals surface area (Å²) in [4.78, 5) is -0.129. The van der Waals surface area contributed by atoms with Crippen molar-refractivity contribution in [1.82, 2.24) is 0 Å². The largest absolute Gasteiger partial charge is 0.396 e. The molecule has 106 valence electrons. The summed E-state index contributed by atoms with van der Waals surface area (Å²) in [5, 5.41) is 0.606. The van der Waals surface area contributed by atoms with Crippen molar-refractivity contribution >= 4 is 38.7 Å². The number of anilines is 1. The van der Waals surface area contributed by atoms with Crippen molar-refractivity contribution in [3.05, 3.63) is 57.8 Å². The monoisotopic (exact) mass is 333 g/mol. The molecule has 0 aliphatic heterocycles. The van der Waals surface area contributed by atoms with E-state index < -0.39 is 15.7 Å². The topological polar surface area (TPSA) is 60.2 Å². The molecule has 7 heteroatoms. The van der Waals surface area contributed by atoms with Gasteiger partial charge in [-0.2, -0.15) is 0 Å². The van der Waals surface area contributed by atoms with Crippen molar-refractivity contribution in [1.29, 1.82) is 0 Å². The fourth-order valence-electron chi connectivity index (χ4n) is 1.63. The minimum absolute atomic E-state index is 0.0986. The highest BCUT2D eigenvalue weighted by Crippen LogP contribution is 2.25. The highest BCUT2D eigenvalue weighted by Gasteiger charge is 2.17. The van der Waals surface area contributed by atoms with Gasteiger partial charge in [-0.3, -0.25) is 0 Å². The zero-order chi connectivity index (χ0) is 14.9. The minimum atomic E-state index is -3.68. The average molecular weight is 334 g/mol. The van der Waals surface area contributed by atoms with Crippen molar-refractivity contribution in [2.24, 2.45) is 0 Å². The van der Waals surface area contributed by atoms with E-state index in [2.05, 4.69) is 0 Å². The summed E-state index contributed by atoms with van der Waals surface area (Å²) in [5.41, 5.74) is 5.69. The van der Waals surface area contributed by atoms with Gasteiger partial charge in [0, 0.05) is 0 Å². The molecular weight excluding hydrogens is 324 g/mol. The number of hydrogen-bond donors (Lipinski definition) is 1. The normalized spacial score (nSPS) is 11.6. The van der Waals surface area contributed by atoms with Crippen molar-refractivity contribution in [2.75, 3.05) is 5.73 Å². The fraction of sp³-hybridized carbons (Fsp3) is 0.0769. The van der Waals surface area contributed by atoms with Gasteiger partial charge >= 0.3 is 0 Å². The molecule has 0 spiro atoms. The Labute approximate surface area is 126 Å². The van der Waals surface area contributed by atoms with Gasteiger partial charge in [-0.25, -0.2) is 12.8 Å². The molecule has 0 fully saturated rings. The average Bonchev–Trinajstić information content (AvgIpc) is 2.37. The van der Waals surface area contributed by atoms with Gasteiger partial charge in [0.15, 0.2) is 9.84 Å². The minimum Gasteiger partial charge on any atom is -0.396 e. The zero-order valence-electron chi connectivity index (χ0n) is 10.1. The molecule has 2 aromatic rings. The fourth-order valence-corrected chi connectivity index (χ4v) is 3.30. The molecule has 3 nitrogen and oxygen atoms in total. The van der Waals surface area contributed by atoms with Crippen LogP contribution in [0.4, 0.5) is 10.1 Å². The van der Waals surface area contributed by atoms with Gasteiger partial charge in [-0.1, -0.05) is 29.3 Å². The van der Waals surface area contributed by atoms with Gasteiger partial charge in [-0.05, 0) is 35.9 Å². The maximum absolute atomic E-state index is 13.3. The maximum atomic E-state index is 13.3. The van der Waals surface area contributed by atoms with Crippen molar-refractivity contribution in [3.8, 4) is 0 Å². The lowest BCUT2D eigenvalue weighted by Crippen LogP contribution is -2.06. The van der Waals surface area contributed by atoms with Crippen molar-refractivity contribution < 1.29 is 12.8 Å². The smallest absolute Gasteiger partial charge is 0.182 e. The quantitative estimate of drug-likeness (QED) is 0.871. The Kier molecular flexibility index (Phi) is 4.22. The summed E-state index contributed by atoms with van der Waals surface area (Å²) in [6.07, 6.45) is 0. The Balaban J connectivity index is 2.35. The Morgan fingerprint density at radius 3 is 2.35 bits per heavy atom. The number of sulfone groups is 1. The molecule has 0 aromatic heterocycles. The van der Waals surface area contributed by atoms with Crippen molar-refractivity contribution in [2.45, 2.75) is 10.6 Å². The van der Waals surface area contributed by atoms with Gasteiger partial charge in [0.25, 0.3) is 0 Å². The first-order chi connectivity index (χ1) is 9.29. The number of rotatable bonds is 3. The zero-order valence-corrected chi connectivity index (χ0v) is 12.4. The van der Waals surface area contributed by atoms with Crippen LogP contribution in [-0.2, 0) is 15.6 Å². The second kappa shape index (κ2) is 5.60. The van der Waals surface area contributed by atoms with Gasteiger partial charge in [-0.15, -0.1) is 0 Å². The molecule has 0 amide bonds. The number of hydrogen-bond acceptors (Lipinski definition) is 3. The molecule has 0 saturated heterocycles. The molecule has 0 bridgehead atoms. The lowest BCUT2D eigenvalue weighted by Gasteiger charge is -2.07. The lowest BCUT2D eigenvalue weighted by molar-refractivity contribution is 0.591. The SMILES string of the molecule is Nc1ccc(S(=O)(=O)Cc2ccc(Cl)c(Cl)c2)cc1F. The van der Waals surface area contributed by atoms with Crippen LogP contribution < -0.4 is 5.73 Å². The first-order valence-corrected chi connectivity index (χ1v) is 7.92. The van der Waals surface area contributed by atoms with E-state index in [0.29, 0.717) is 10.6 Å².